The fraction of sp³-hybridized carbons (Fsp3) is 0.370. The predicted octanol–water partition coefficient (Wildman–Crippen LogP) is 4.93. The molecular formula is C27H34N2O5S. The Kier molecular flexibility index (Phi) is 8.88. The third kappa shape index (κ3) is 8.06. The Morgan fingerprint density at radius 3 is 2.29 bits per heavy atom. The maximum atomic E-state index is 13.4. The molecule has 188 valence electrons. The molecule has 0 fully saturated rings. The van der Waals surface area contributed by atoms with E-state index in [-0.39, 0.29) is 18.0 Å². The van der Waals surface area contributed by atoms with E-state index in [2.05, 4.69) is 10.0 Å². The van der Waals surface area contributed by atoms with Gasteiger partial charge in [-0.2, -0.15) is 0 Å². The van der Waals surface area contributed by atoms with Gasteiger partial charge >= 0.3 is 6.09 Å². The van der Waals surface area contributed by atoms with E-state index in [1.54, 1.807) is 26.8 Å². The SMILES string of the molecule is Cc1ccc(S(=O)(=O)N[C@@H](CCNC(=O)OC(C)(C)C)COCc2ccccc2)c2ccccc12. The van der Waals surface area contributed by atoms with Gasteiger partial charge in [-0.1, -0.05) is 60.7 Å². The number of benzene rings is 3. The summed E-state index contributed by atoms with van der Waals surface area (Å²) < 4.78 is 40.7. The highest BCUT2D eigenvalue weighted by molar-refractivity contribution is 7.89. The molecule has 0 aliphatic rings. The van der Waals surface area contributed by atoms with Crippen LogP contribution in [0.1, 0.15) is 38.3 Å². The van der Waals surface area contributed by atoms with Gasteiger partial charge in [-0.05, 0) is 56.7 Å². The summed E-state index contributed by atoms with van der Waals surface area (Å²) >= 11 is 0. The van der Waals surface area contributed by atoms with Gasteiger partial charge in [-0.3, -0.25) is 0 Å². The Labute approximate surface area is 207 Å². The van der Waals surface area contributed by atoms with Gasteiger partial charge in [0.2, 0.25) is 10.0 Å². The van der Waals surface area contributed by atoms with Crippen LogP contribution in [0, 0.1) is 6.92 Å². The van der Waals surface area contributed by atoms with Gasteiger partial charge < -0.3 is 14.8 Å². The number of amides is 1. The van der Waals surface area contributed by atoms with Crippen LogP contribution in [0.2, 0.25) is 0 Å². The van der Waals surface area contributed by atoms with Crippen LogP contribution in [0.3, 0.4) is 0 Å². The van der Waals surface area contributed by atoms with Crippen molar-refractivity contribution >= 4 is 26.9 Å². The van der Waals surface area contributed by atoms with Crippen molar-refractivity contribution in [3.05, 3.63) is 77.9 Å². The average molecular weight is 499 g/mol. The molecule has 0 spiro atoms. The van der Waals surface area contributed by atoms with Gasteiger partial charge in [0.15, 0.2) is 0 Å². The van der Waals surface area contributed by atoms with E-state index in [4.69, 9.17) is 9.47 Å². The Morgan fingerprint density at radius 2 is 1.60 bits per heavy atom. The van der Waals surface area contributed by atoms with E-state index in [0.717, 1.165) is 16.5 Å². The smallest absolute Gasteiger partial charge is 0.407 e. The minimum atomic E-state index is -3.85. The number of hydrogen-bond acceptors (Lipinski definition) is 5. The average Bonchev–Trinajstić information content (AvgIpc) is 2.78. The molecule has 0 unspecified atom stereocenters. The molecule has 0 aromatic heterocycles. The monoisotopic (exact) mass is 498 g/mol. The largest absolute Gasteiger partial charge is 0.444 e. The lowest BCUT2D eigenvalue weighted by molar-refractivity contribution is 0.0521. The highest BCUT2D eigenvalue weighted by atomic mass is 32.2. The van der Waals surface area contributed by atoms with Crippen LogP contribution < -0.4 is 10.0 Å². The molecule has 8 heteroatoms. The second-order valence-electron chi connectivity index (χ2n) is 9.46. The highest BCUT2D eigenvalue weighted by Gasteiger charge is 2.23. The number of fused-ring (bicyclic) bond motifs is 1. The van der Waals surface area contributed by atoms with Gasteiger partial charge in [-0.15, -0.1) is 0 Å². The molecule has 35 heavy (non-hydrogen) atoms. The van der Waals surface area contributed by atoms with Crippen LogP contribution in [0.25, 0.3) is 10.8 Å². The van der Waals surface area contributed by atoms with Crippen molar-refractivity contribution in [2.45, 2.75) is 57.3 Å². The Hall–Kier alpha value is -2.94. The molecule has 0 bridgehead atoms. The van der Waals surface area contributed by atoms with Gasteiger partial charge in [0.25, 0.3) is 0 Å². The normalized spacial score (nSPS) is 12.9. The summed E-state index contributed by atoms with van der Waals surface area (Å²) in [5, 5.41) is 4.24. The van der Waals surface area contributed by atoms with Crippen molar-refractivity contribution in [2.24, 2.45) is 0 Å². The summed E-state index contributed by atoms with van der Waals surface area (Å²) in [5.41, 5.74) is 1.38. The number of ether oxygens (including phenoxy) is 2. The van der Waals surface area contributed by atoms with Crippen molar-refractivity contribution in [1.29, 1.82) is 0 Å². The molecule has 0 saturated carbocycles. The third-order valence-electron chi connectivity index (χ3n) is 5.31. The molecule has 3 rings (SSSR count). The quantitative estimate of drug-likeness (QED) is 0.414. The zero-order valence-corrected chi connectivity index (χ0v) is 21.5. The van der Waals surface area contributed by atoms with Crippen molar-refractivity contribution in [3.8, 4) is 0 Å². The molecule has 0 aliphatic carbocycles. The van der Waals surface area contributed by atoms with E-state index < -0.39 is 27.8 Å². The Balaban J connectivity index is 1.73. The topological polar surface area (TPSA) is 93.7 Å². The second-order valence-corrected chi connectivity index (χ2v) is 11.1. The highest BCUT2D eigenvalue weighted by Crippen LogP contribution is 2.26. The number of hydrogen-bond donors (Lipinski definition) is 2. The first kappa shape index (κ1) is 26.7. The van der Waals surface area contributed by atoms with Gasteiger partial charge in [0.05, 0.1) is 18.1 Å². The maximum absolute atomic E-state index is 13.4. The minimum absolute atomic E-state index is 0.147. The number of rotatable bonds is 10. The van der Waals surface area contributed by atoms with E-state index in [9.17, 15) is 13.2 Å². The van der Waals surface area contributed by atoms with Crippen molar-refractivity contribution in [2.75, 3.05) is 13.2 Å². The van der Waals surface area contributed by atoms with Crippen molar-refractivity contribution < 1.29 is 22.7 Å². The first-order valence-electron chi connectivity index (χ1n) is 11.6. The summed E-state index contributed by atoms with van der Waals surface area (Å²) in [6, 6.07) is 20.0. The molecule has 2 N–H and O–H groups in total. The van der Waals surface area contributed by atoms with Crippen LogP contribution >= 0.6 is 0 Å². The molecule has 0 radical (unpaired) electrons. The molecule has 3 aromatic carbocycles. The summed E-state index contributed by atoms with van der Waals surface area (Å²) in [4.78, 5) is 12.2. The fourth-order valence-corrected chi connectivity index (χ4v) is 5.14. The molecule has 0 heterocycles. The van der Waals surface area contributed by atoms with Crippen LogP contribution in [-0.4, -0.2) is 39.3 Å². The lowest BCUT2D eigenvalue weighted by Gasteiger charge is -2.22. The number of nitrogens with one attached hydrogen (secondary N) is 2. The van der Waals surface area contributed by atoms with Crippen LogP contribution in [0.15, 0.2) is 71.6 Å². The zero-order chi connectivity index (χ0) is 25.5. The summed E-state index contributed by atoms with van der Waals surface area (Å²) in [5.74, 6) is 0. The fourth-order valence-electron chi connectivity index (χ4n) is 3.67. The summed E-state index contributed by atoms with van der Waals surface area (Å²) in [6.45, 7) is 8.03. The zero-order valence-electron chi connectivity index (χ0n) is 20.7. The van der Waals surface area contributed by atoms with Crippen LogP contribution in [0.4, 0.5) is 4.79 Å². The summed E-state index contributed by atoms with van der Waals surface area (Å²) in [6.07, 6.45) is -0.217. The molecule has 1 atom stereocenters. The lowest BCUT2D eigenvalue weighted by atomic mass is 10.1. The minimum Gasteiger partial charge on any atom is -0.444 e. The van der Waals surface area contributed by atoms with E-state index in [0.29, 0.717) is 18.4 Å². The molecule has 1 amide bonds. The number of sulfonamides is 1. The van der Waals surface area contributed by atoms with Gasteiger partial charge in [0.1, 0.15) is 5.60 Å². The molecule has 7 nitrogen and oxygen atoms in total. The Bertz CT molecular complexity index is 1240. The first-order chi connectivity index (χ1) is 16.5. The molecular weight excluding hydrogens is 464 g/mol. The van der Waals surface area contributed by atoms with Gasteiger partial charge in [-0.25, -0.2) is 17.9 Å². The van der Waals surface area contributed by atoms with Crippen molar-refractivity contribution in [3.63, 3.8) is 0 Å². The number of carbonyl (C=O) groups excluding carboxylic acids is 1. The van der Waals surface area contributed by atoms with E-state index in [1.807, 2.05) is 67.6 Å². The standard InChI is InChI=1S/C27H34N2O5S/c1-20-14-15-25(24-13-9-8-12-23(20)24)35(31,32)29-22(16-17-28-26(30)34-27(2,3)4)19-33-18-21-10-6-5-7-11-21/h5-15,22,29H,16-19H2,1-4H3,(H,28,30)/t22-/m0/s1. The molecule has 3 aromatic rings. The maximum Gasteiger partial charge on any atom is 0.407 e. The van der Waals surface area contributed by atoms with E-state index >= 15 is 0 Å². The van der Waals surface area contributed by atoms with E-state index in [1.165, 1.54) is 0 Å². The van der Waals surface area contributed by atoms with Crippen LogP contribution in [0.5, 0.6) is 0 Å². The number of aryl methyl sites for hydroxylation is 1. The van der Waals surface area contributed by atoms with Gasteiger partial charge in [0, 0.05) is 18.0 Å². The first-order valence-corrected chi connectivity index (χ1v) is 13.1. The lowest BCUT2D eigenvalue weighted by Crippen LogP contribution is -2.41. The Morgan fingerprint density at radius 1 is 0.943 bits per heavy atom. The van der Waals surface area contributed by atoms with Crippen LogP contribution in [-0.2, 0) is 26.1 Å². The predicted molar refractivity (Wildman–Crippen MR) is 138 cm³/mol. The second kappa shape index (κ2) is 11.7. The molecule has 0 aliphatic heterocycles. The van der Waals surface area contributed by atoms with Crippen molar-refractivity contribution in [1.82, 2.24) is 10.0 Å². The molecule has 0 saturated heterocycles. The third-order valence-corrected chi connectivity index (χ3v) is 6.88. The summed E-state index contributed by atoms with van der Waals surface area (Å²) in [7, 11) is -3.85. The number of carbonyl (C=O) groups is 1. The number of alkyl carbamates (subject to hydrolysis) is 1.